The van der Waals surface area contributed by atoms with Crippen LogP contribution < -0.4 is 4.90 Å². The quantitative estimate of drug-likeness (QED) is 0.699. The van der Waals surface area contributed by atoms with Gasteiger partial charge < -0.3 is 9.80 Å². The second-order valence-electron chi connectivity index (χ2n) is 7.38. The summed E-state index contributed by atoms with van der Waals surface area (Å²) in [6.45, 7) is 7.42. The lowest BCUT2D eigenvalue weighted by Gasteiger charge is -2.36. The van der Waals surface area contributed by atoms with Gasteiger partial charge in [0.15, 0.2) is 0 Å². The van der Waals surface area contributed by atoms with E-state index in [4.69, 9.17) is 4.98 Å². The van der Waals surface area contributed by atoms with Crippen LogP contribution in [0.25, 0.3) is 10.9 Å². The molecule has 3 aromatic rings. The number of benzene rings is 2. The van der Waals surface area contributed by atoms with Crippen molar-refractivity contribution in [2.75, 3.05) is 31.1 Å². The Morgan fingerprint density at radius 1 is 0.926 bits per heavy atom. The summed E-state index contributed by atoms with van der Waals surface area (Å²) in [6.07, 6.45) is 0. The first-order valence-electron chi connectivity index (χ1n) is 9.62. The Bertz CT molecular complexity index is 944. The van der Waals surface area contributed by atoms with E-state index in [1.165, 1.54) is 5.69 Å². The summed E-state index contributed by atoms with van der Waals surface area (Å²) in [7, 11) is 0. The van der Waals surface area contributed by atoms with Crippen LogP contribution in [0.15, 0.2) is 60.7 Å². The molecule has 0 bridgehead atoms. The lowest BCUT2D eigenvalue weighted by Crippen LogP contribution is -2.48. The number of rotatable bonds is 3. The highest BCUT2D eigenvalue weighted by molar-refractivity contribution is 6.06. The number of amides is 1. The third-order valence-electron chi connectivity index (χ3n) is 5.25. The van der Waals surface area contributed by atoms with Gasteiger partial charge in [-0.05, 0) is 30.2 Å². The first-order valence-corrected chi connectivity index (χ1v) is 9.62. The maximum absolute atomic E-state index is 13.3. The SMILES string of the molecule is CC(C)c1cc(C(=O)N2CCN(c3ccccc3)CC2)c2ccccc2n1. The molecule has 0 atom stereocenters. The van der Waals surface area contributed by atoms with Gasteiger partial charge in [0, 0.05) is 42.9 Å². The number of hydrogen-bond acceptors (Lipinski definition) is 3. The van der Waals surface area contributed by atoms with Crippen molar-refractivity contribution in [2.24, 2.45) is 0 Å². The molecule has 1 aromatic heterocycles. The number of para-hydroxylation sites is 2. The number of pyridine rings is 1. The minimum atomic E-state index is 0.114. The van der Waals surface area contributed by atoms with E-state index < -0.39 is 0 Å². The van der Waals surface area contributed by atoms with Crippen molar-refractivity contribution in [3.63, 3.8) is 0 Å². The summed E-state index contributed by atoms with van der Waals surface area (Å²) in [5.74, 6) is 0.402. The summed E-state index contributed by atoms with van der Waals surface area (Å²) in [5, 5.41) is 0.942. The Morgan fingerprint density at radius 3 is 2.30 bits per heavy atom. The monoisotopic (exact) mass is 359 g/mol. The van der Waals surface area contributed by atoms with Crippen LogP contribution in [0.3, 0.4) is 0 Å². The Morgan fingerprint density at radius 2 is 1.59 bits per heavy atom. The molecule has 4 rings (SSSR count). The van der Waals surface area contributed by atoms with Crippen LogP contribution in [0.1, 0.15) is 35.8 Å². The second kappa shape index (κ2) is 7.39. The molecule has 0 saturated carbocycles. The van der Waals surface area contributed by atoms with Gasteiger partial charge in [-0.1, -0.05) is 50.2 Å². The van der Waals surface area contributed by atoms with Crippen molar-refractivity contribution in [3.8, 4) is 0 Å². The zero-order valence-corrected chi connectivity index (χ0v) is 15.9. The first kappa shape index (κ1) is 17.5. The predicted octanol–water partition coefficient (Wildman–Crippen LogP) is 4.32. The normalized spacial score (nSPS) is 14.8. The molecule has 2 aromatic carbocycles. The zero-order chi connectivity index (χ0) is 18.8. The van der Waals surface area contributed by atoms with Gasteiger partial charge in [0.25, 0.3) is 5.91 Å². The van der Waals surface area contributed by atoms with Crippen LogP contribution in [0.5, 0.6) is 0 Å². The van der Waals surface area contributed by atoms with Crippen molar-refractivity contribution in [1.29, 1.82) is 0 Å². The van der Waals surface area contributed by atoms with Gasteiger partial charge >= 0.3 is 0 Å². The molecule has 1 fully saturated rings. The molecule has 4 heteroatoms. The van der Waals surface area contributed by atoms with Crippen LogP contribution in [0.2, 0.25) is 0 Å². The Labute approximate surface area is 160 Å². The number of aromatic nitrogens is 1. The van der Waals surface area contributed by atoms with E-state index >= 15 is 0 Å². The number of fused-ring (bicyclic) bond motifs is 1. The fraction of sp³-hybridized carbons (Fsp3) is 0.304. The predicted molar refractivity (Wildman–Crippen MR) is 110 cm³/mol. The number of hydrogen-bond donors (Lipinski definition) is 0. The van der Waals surface area contributed by atoms with Crippen molar-refractivity contribution in [1.82, 2.24) is 9.88 Å². The van der Waals surface area contributed by atoms with Crippen LogP contribution in [-0.4, -0.2) is 42.0 Å². The molecule has 138 valence electrons. The number of carbonyl (C=O) groups excluding carboxylic acids is 1. The maximum atomic E-state index is 13.3. The van der Waals surface area contributed by atoms with E-state index in [0.717, 1.165) is 48.3 Å². The molecule has 1 aliphatic rings. The third kappa shape index (κ3) is 3.52. The van der Waals surface area contributed by atoms with Crippen molar-refractivity contribution < 1.29 is 4.79 Å². The molecule has 0 aliphatic carbocycles. The van der Waals surface area contributed by atoms with Gasteiger partial charge in [-0.3, -0.25) is 9.78 Å². The second-order valence-corrected chi connectivity index (χ2v) is 7.38. The standard InChI is InChI=1S/C23H25N3O/c1-17(2)22-16-20(19-10-6-7-11-21(19)24-22)23(27)26-14-12-25(13-15-26)18-8-4-3-5-9-18/h3-11,16-17H,12-15H2,1-2H3. The molecule has 27 heavy (non-hydrogen) atoms. The molecule has 2 heterocycles. The van der Waals surface area contributed by atoms with Crippen LogP contribution in [0.4, 0.5) is 5.69 Å². The van der Waals surface area contributed by atoms with Crippen molar-refractivity contribution in [2.45, 2.75) is 19.8 Å². The minimum absolute atomic E-state index is 0.114. The highest BCUT2D eigenvalue weighted by Crippen LogP contribution is 2.24. The van der Waals surface area contributed by atoms with E-state index in [9.17, 15) is 4.79 Å². The van der Waals surface area contributed by atoms with Crippen LogP contribution in [0, 0.1) is 0 Å². The fourth-order valence-electron chi connectivity index (χ4n) is 3.65. The smallest absolute Gasteiger partial charge is 0.254 e. The molecule has 4 nitrogen and oxygen atoms in total. The average molecular weight is 359 g/mol. The molecule has 1 amide bonds. The molecule has 1 aliphatic heterocycles. The Hall–Kier alpha value is -2.88. The summed E-state index contributed by atoms with van der Waals surface area (Å²) in [6, 6.07) is 20.3. The number of nitrogens with zero attached hydrogens (tertiary/aromatic N) is 3. The fourth-order valence-corrected chi connectivity index (χ4v) is 3.65. The molecule has 0 N–H and O–H groups in total. The highest BCUT2D eigenvalue weighted by Gasteiger charge is 2.24. The molecular formula is C23H25N3O. The zero-order valence-electron chi connectivity index (χ0n) is 15.9. The first-order chi connectivity index (χ1) is 13.1. The van der Waals surface area contributed by atoms with Crippen molar-refractivity contribution in [3.05, 3.63) is 71.9 Å². The largest absolute Gasteiger partial charge is 0.368 e. The van der Waals surface area contributed by atoms with Crippen LogP contribution >= 0.6 is 0 Å². The lowest BCUT2D eigenvalue weighted by atomic mass is 10.0. The van der Waals surface area contributed by atoms with Gasteiger partial charge in [-0.25, -0.2) is 0 Å². The molecular weight excluding hydrogens is 334 g/mol. The van der Waals surface area contributed by atoms with E-state index in [1.807, 2.05) is 41.3 Å². The van der Waals surface area contributed by atoms with Gasteiger partial charge in [0.05, 0.1) is 11.1 Å². The minimum Gasteiger partial charge on any atom is -0.368 e. The number of carbonyl (C=O) groups is 1. The maximum Gasteiger partial charge on any atom is 0.254 e. The topological polar surface area (TPSA) is 36.4 Å². The van der Waals surface area contributed by atoms with Gasteiger partial charge in [-0.15, -0.1) is 0 Å². The molecule has 1 saturated heterocycles. The molecule has 0 radical (unpaired) electrons. The van der Waals surface area contributed by atoms with Gasteiger partial charge in [0.2, 0.25) is 0 Å². The summed E-state index contributed by atoms with van der Waals surface area (Å²) >= 11 is 0. The Kier molecular flexibility index (Phi) is 4.80. The van der Waals surface area contributed by atoms with E-state index in [-0.39, 0.29) is 11.8 Å². The third-order valence-corrected chi connectivity index (χ3v) is 5.25. The Balaban J connectivity index is 1.58. The van der Waals surface area contributed by atoms with Crippen LogP contribution in [-0.2, 0) is 0 Å². The van der Waals surface area contributed by atoms with Gasteiger partial charge in [-0.2, -0.15) is 0 Å². The molecule has 0 spiro atoms. The van der Waals surface area contributed by atoms with E-state index in [1.54, 1.807) is 0 Å². The van der Waals surface area contributed by atoms with Gasteiger partial charge in [0.1, 0.15) is 0 Å². The average Bonchev–Trinajstić information content (AvgIpc) is 2.73. The van der Waals surface area contributed by atoms with E-state index in [2.05, 4.69) is 43.0 Å². The highest BCUT2D eigenvalue weighted by atomic mass is 16.2. The number of anilines is 1. The van der Waals surface area contributed by atoms with E-state index in [0.29, 0.717) is 0 Å². The van der Waals surface area contributed by atoms with Crippen molar-refractivity contribution >= 4 is 22.5 Å². The molecule has 0 unspecified atom stereocenters. The summed E-state index contributed by atoms with van der Waals surface area (Å²) < 4.78 is 0. The lowest BCUT2D eigenvalue weighted by molar-refractivity contribution is 0.0748. The summed E-state index contributed by atoms with van der Waals surface area (Å²) in [5.41, 5.74) is 3.87. The number of piperazine rings is 1. The summed E-state index contributed by atoms with van der Waals surface area (Å²) in [4.78, 5) is 22.4.